The van der Waals surface area contributed by atoms with E-state index in [1.165, 1.54) is 10.4 Å². The first-order chi connectivity index (χ1) is 11.3. The number of amides is 1. The summed E-state index contributed by atoms with van der Waals surface area (Å²) >= 11 is 1.70. The molecule has 0 aromatic carbocycles. The van der Waals surface area contributed by atoms with Crippen LogP contribution >= 0.6 is 11.3 Å². The van der Waals surface area contributed by atoms with Crippen LogP contribution in [-0.4, -0.2) is 45.3 Å². The highest BCUT2D eigenvalue weighted by Gasteiger charge is 2.30. The number of nitrogens with zero attached hydrogens (tertiary/aromatic N) is 4. The molecule has 0 unspecified atom stereocenters. The largest absolute Gasteiger partial charge is 0.372 e. The second-order valence-electron chi connectivity index (χ2n) is 6.13. The van der Waals surface area contributed by atoms with E-state index in [9.17, 15) is 4.79 Å². The predicted molar refractivity (Wildman–Crippen MR) is 86.2 cm³/mol. The van der Waals surface area contributed by atoms with Crippen molar-refractivity contribution in [2.24, 2.45) is 0 Å². The van der Waals surface area contributed by atoms with Crippen LogP contribution in [0.1, 0.15) is 41.8 Å². The fraction of sp³-hybridized carbons (Fsp3) is 0.562. The van der Waals surface area contributed by atoms with Crippen molar-refractivity contribution >= 4 is 17.2 Å². The Bertz CT molecular complexity index is 669. The van der Waals surface area contributed by atoms with Crippen LogP contribution in [0.25, 0.3) is 0 Å². The van der Waals surface area contributed by atoms with Gasteiger partial charge in [0.25, 0.3) is 0 Å². The van der Waals surface area contributed by atoms with Crippen LogP contribution in [0.2, 0.25) is 0 Å². The minimum Gasteiger partial charge on any atom is -0.372 e. The van der Waals surface area contributed by atoms with Crippen molar-refractivity contribution in [2.75, 3.05) is 19.7 Å². The normalized spacial score (nSPS) is 24.4. The lowest BCUT2D eigenvalue weighted by atomic mass is 10.0. The molecule has 0 radical (unpaired) electrons. The summed E-state index contributed by atoms with van der Waals surface area (Å²) in [4.78, 5) is 19.9. The molecule has 1 saturated heterocycles. The zero-order valence-electron chi connectivity index (χ0n) is 12.9. The molecule has 1 fully saturated rings. The van der Waals surface area contributed by atoms with Crippen molar-refractivity contribution in [3.05, 3.63) is 34.5 Å². The van der Waals surface area contributed by atoms with Gasteiger partial charge in [-0.2, -0.15) is 5.10 Å². The molecule has 6 nitrogen and oxygen atoms in total. The van der Waals surface area contributed by atoms with Gasteiger partial charge in [0.05, 0.1) is 19.1 Å². The Morgan fingerprint density at radius 3 is 3.30 bits per heavy atom. The molecular formula is C16H20N4O2S. The van der Waals surface area contributed by atoms with Gasteiger partial charge in [0, 0.05) is 18.0 Å². The highest BCUT2D eigenvalue weighted by Crippen LogP contribution is 2.34. The minimum absolute atomic E-state index is 0.0713. The first kappa shape index (κ1) is 14.8. The van der Waals surface area contributed by atoms with Gasteiger partial charge in [-0.3, -0.25) is 4.79 Å². The Balaban J connectivity index is 1.42. The van der Waals surface area contributed by atoms with E-state index in [4.69, 9.17) is 4.74 Å². The summed E-state index contributed by atoms with van der Waals surface area (Å²) in [6, 6.07) is 2.39. The average Bonchev–Trinajstić information content (AvgIpc) is 3.27. The van der Waals surface area contributed by atoms with Crippen LogP contribution in [0.3, 0.4) is 0 Å². The molecular weight excluding hydrogens is 312 g/mol. The van der Waals surface area contributed by atoms with E-state index in [1.54, 1.807) is 24.0 Å². The van der Waals surface area contributed by atoms with E-state index >= 15 is 0 Å². The SMILES string of the molecule is O=C(C[C@@H]1OCCc2ccsc21)N1CCC[C@H](n2cncn2)C1. The third-order valence-electron chi connectivity index (χ3n) is 4.68. The number of carbonyl (C=O) groups is 1. The molecule has 23 heavy (non-hydrogen) atoms. The summed E-state index contributed by atoms with van der Waals surface area (Å²) in [5.41, 5.74) is 1.35. The number of rotatable bonds is 3. The molecule has 1 amide bonds. The van der Waals surface area contributed by atoms with Crippen LogP contribution in [-0.2, 0) is 16.0 Å². The summed E-state index contributed by atoms with van der Waals surface area (Å²) in [6.45, 7) is 2.25. The molecule has 2 atom stereocenters. The van der Waals surface area contributed by atoms with Crippen LogP contribution in [0, 0.1) is 0 Å². The number of hydrogen-bond acceptors (Lipinski definition) is 5. The Kier molecular flexibility index (Phi) is 4.13. The van der Waals surface area contributed by atoms with E-state index < -0.39 is 0 Å². The lowest BCUT2D eigenvalue weighted by molar-refractivity contribution is -0.136. The molecule has 122 valence electrons. The van der Waals surface area contributed by atoms with E-state index in [1.807, 2.05) is 9.58 Å². The molecule has 0 aliphatic carbocycles. The third kappa shape index (κ3) is 3.03. The fourth-order valence-corrected chi connectivity index (χ4v) is 4.47. The van der Waals surface area contributed by atoms with Gasteiger partial charge in [0.1, 0.15) is 18.8 Å². The van der Waals surface area contributed by atoms with Gasteiger partial charge in [-0.1, -0.05) is 0 Å². The second-order valence-corrected chi connectivity index (χ2v) is 7.08. The van der Waals surface area contributed by atoms with Gasteiger partial charge >= 0.3 is 0 Å². The van der Waals surface area contributed by atoms with Crippen molar-refractivity contribution in [2.45, 2.75) is 37.8 Å². The Morgan fingerprint density at radius 2 is 2.43 bits per heavy atom. The Hall–Kier alpha value is -1.73. The van der Waals surface area contributed by atoms with Gasteiger partial charge in [-0.25, -0.2) is 9.67 Å². The van der Waals surface area contributed by atoms with E-state index in [0.717, 1.165) is 25.8 Å². The summed E-state index contributed by atoms with van der Waals surface area (Å²) in [6.07, 6.45) is 6.67. The second kappa shape index (κ2) is 6.41. The maximum absolute atomic E-state index is 12.7. The topological polar surface area (TPSA) is 60.2 Å². The number of aromatic nitrogens is 3. The van der Waals surface area contributed by atoms with E-state index in [-0.39, 0.29) is 18.1 Å². The summed E-state index contributed by atoms with van der Waals surface area (Å²) < 4.78 is 7.73. The molecule has 2 aromatic rings. The van der Waals surface area contributed by atoms with Gasteiger partial charge in [-0.15, -0.1) is 11.3 Å². The number of carbonyl (C=O) groups excluding carboxylic acids is 1. The minimum atomic E-state index is -0.0713. The molecule has 0 bridgehead atoms. The van der Waals surface area contributed by atoms with Crippen molar-refractivity contribution in [3.8, 4) is 0 Å². The first-order valence-corrected chi connectivity index (χ1v) is 8.99. The molecule has 4 rings (SSSR count). The van der Waals surface area contributed by atoms with Crippen molar-refractivity contribution < 1.29 is 9.53 Å². The quantitative estimate of drug-likeness (QED) is 0.864. The molecule has 0 saturated carbocycles. The van der Waals surface area contributed by atoms with Crippen molar-refractivity contribution in [3.63, 3.8) is 0 Å². The number of thiophene rings is 1. The van der Waals surface area contributed by atoms with Crippen LogP contribution in [0.15, 0.2) is 24.1 Å². The van der Waals surface area contributed by atoms with Crippen LogP contribution in [0.5, 0.6) is 0 Å². The number of ether oxygens (including phenoxy) is 1. The highest BCUT2D eigenvalue weighted by molar-refractivity contribution is 7.10. The summed E-state index contributed by atoms with van der Waals surface area (Å²) in [7, 11) is 0. The number of fused-ring (bicyclic) bond motifs is 1. The highest BCUT2D eigenvalue weighted by atomic mass is 32.1. The van der Waals surface area contributed by atoms with Crippen LogP contribution < -0.4 is 0 Å². The lowest BCUT2D eigenvalue weighted by Gasteiger charge is -2.34. The van der Waals surface area contributed by atoms with Gasteiger partial charge in [0.2, 0.25) is 5.91 Å². The molecule has 7 heteroatoms. The maximum atomic E-state index is 12.7. The molecule has 2 aromatic heterocycles. The monoisotopic (exact) mass is 332 g/mol. The molecule has 0 N–H and O–H groups in total. The zero-order chi connectivity index (χ0) is 15.6. The fourth-order valence-electron chi connectivity index (χ4n) is 3.47. The Labute approximate surface area is 139 Å². The Morgan fingerprint density at radius 1 is 1.48 bits per heavy atom. The van der Waals surface area contributed by atoms with Crippen molar-refractivity contribution in [1.29, 1.82) is 0 Å². The van der Waals surface area contributed by atoms with Gasteiger partial charge < -0.3 is 9.64 Å². The zero-order valence-corrected chi connectivity index (χ0v) is 13.7. The van der Waals surface area contributed by atoms with Gasteiger partial charge in [0.15, 0.2) is 0 Å². The molecule has 2 aliphatic heterocycles. The molecule has 0 spiro atoms. The van der Waals surface area contributed by atoms with Crippen molar-refractivity contribution in [1.82, 2.24) is 19.7 Å². The third-order valence-corrected chi connectivity index (χ3v) is 5.73. The standard InChI is InChI=1S/C16H20N4O2S/c21-15(8-14-16-12(3-6-22-14)4-7-23-16)19-5-1-2-13(9-19)20-11-17-10-18-20/h4,7,10-11,13-14H,1-3,5-6,8-9H2/t13-,14-/m0/s1. The van der Waals surface area contributed by atoms with E-state index in [0.29, 0.717) is 19.6 Å². The average molecular weight is 332 g/mol. The predicted octanol–water partition coefficient (Wildman–Crippen LogP) is 2.21. The number of likely N-dealkylation sites (tertiary alicyclic amines) is 1. The lowest BCUT2D eigenvalue weighted by Crippen LogP contribution is -2.41. The van der Waals surface area contributed by atoms with E-state index in [2.05, 4.69) is 21.5 Å². The smallest absolute Gasteiger partial charge is 0.225 e. The number of piperidine rings is 1. The maximum Gasteiger partial charge on any atom is 0.225 e. The number of hydrogen-bond donors (Lipinski definition) is 0. The van der Waals surface area contributed by atoms with Gasteiger partial charge in [-0.05, 0) is 36.3 Å². The summed E-state index contributed by atoms with van der Waals surface area (Å²) in [5, 5.41) is 6.31. The van der Waals surface area contributed by atoms with Crippen LogP contribution in [0.4, 0.5) is 0 Å². The molecule has 2 aliphatic rings. The first-order valence-electron chi connectivity index (χ1n) is 8.11. The summed E-state index contributed by atoms with van der Waals surface area (Å²) in [5.74, 6) is 0.182. The molecule has 4 heterocycles.